The van der Waals surface area contributed by atoms with Gasteiger partial charge in [0.05, 0.1) is 35.2 Å². The highest BCUT2D eigenvalue weighted by molar-refractivity contribution is 14.1. The van der Waals surface area contributed by atoms with E-state index in [4.69, 9.17) is 16.3 Å². The number of hydrogen-bond donors (Lipinski definition) is 0. The Balaban J connectivity index is 2.41. The van der Waals surface area contributed by atoms with Crippen LogP contribution in [0.15, 0.2) is 12.1 Å². The number of halogens is 2. The molecule has 0 N–H and O–H groups in total. The molecule has 1 unspecified atom stereocenters. The molecule has 0 aromatic heterocycles. The van der Waals surface area contributed by atoms with Crippen molar-refractivity contribution >= 4 is 49.9 Å². The summed E-state index contributed by atoms with van der Waals surface area (Å²) < 4.78 is 29.6. The minimum Gasteiger partial charge on any atom is -0.496 e. The highest BCUT2D eigenvalue weighted by Gasteiger charge is 2.37. The van der Waals surface area contributed by atoms with Crippen molar-refractivity contribution in [3.05, 3.63) is 26.3 Å². The molecular formula is C14H18ClIN2O4S. The summed E-state index contributed by atoms with van der Waals surface area (Å²) in [5.41, 5.74) is 0.316. The van der Waals surface area contributed by atoms with Crippen LogP contribution in [0.5, 0.6) is 5.75 Å². The van der Waals surface area contributed by atoms with Gasteiger partial charge in [-0.25, -0.2) is 13.4 Å². The number of methoxy groups -OCH3 is 1. The van der Waals surface area contributed by atoms with E-state index >= 15 is 0 Å². The van der Waals surface area contributed by atoms with Crippen LogP contribution in [0, 0.1) is 3.57 Å². The van der Waals surface area contributed by atoms with Crippen LogP contribution in [-0.4, -0.2) is 63.1 Å². The van der Waals surface area contributed by atoms with Gasteiger partial charge in [-0.1, -0.05) is 11.6 Å². The first-order chi connectivity index (χ1) is 10.7. The van der Waals surface area contributed by atoms with Crippen LogP contribution in [0.25, 0.3) is 0 Å². The lowest BCUT2D eigenvalue weighted by Crippen LogP contribution is -2.49. The van der Waals surface area contributed by atoms with Gasteiger partial charge in [0.25, 0.3) is 5.91 Å². The fourth-order valence-electron chi connectivity index (χ4n) is 2.63. The van der Waals surface area contributed by atoms with Gasteiger partial charge >= 0.3 is 0 Å². The molecule has 6 nitrogen and oxygen atoms in total. The van der Waals surface area contributed by atoms with Gasteiger partial charge in [0.2, 0.25) is 0 Å². The van der Waals surface area contributed by atoms with Gasteiger partial charge in [-0.05, 0) is 41.1 Å². The van der Waals surface area contributed by atoms with Crippen molar-refractivity contribution in [3.63, 3.8) is 0 Å². The lowest BCUT2D eigenvalue weighted by molar-refractivity contribution is 0.000763. The molecule has 9 heteroatoms. The average Bonchev–Trinajstić information content (AvgIpc) is 2.80. The maximum atomic E-state index is 13.0. The van der Waals surface area contributed by atoms with Crippen molar-refractivity contribution in [1.82, 2.24) is 10.0 Å². The molecule has 1 heterocycles. The summed E-state index contributed by atoms with van der Waals surface area (Å²) in [6.45, 7) is 0. The summed E-state index contributed by atoms with van der Waals surface area (Å²) in [5.74, 6) is 0.153. The topological polar surface area (TPSA) is 66.9 Å². The van der Waals surface area contributed by atoms with Gasteiger partial charge < -0.3 is 4.74 Å². The smallest absolute Gasteiger partial charge is 0.272 e. The monoisotopic (exact) mass is 472 g/mol. The van der Waals surface area contributed by atoms with E-state index in [1.165, 1.54) is 12.1 Å². The summed E-state index contributed by atoms with van der Waals surface area (Å²) in [7, 11) is 1.81. The molecule has 1 saturated heterocycles. The normalized spacial score (nSPS) is 19.8. The molecule has 1 fully saturated rings. The van der Waals surface area contributed by atoms with E-state index in [2.05, 4.69) is 22.6 Å². The zero-order valence-corrected chi connectivity index (χ0v) is 16.8. The quantitative estimate of drug-likeness (QED) is 0.496. The van der Waals surface area contributed by atoms with Crippen LogP contribution in [-0.2, 0) is 9.84 Å². The molecule has 128 valence electrons. The zero-order chi connectivity index (χ0) is 17.4. The van der Waals surface area contributed by atoms with E-state index in [-0.39, 0.29) is 23.5 Å². The molecular weight excluding hydrogens is 455 g/mol. The van der Waals surface area contributed by atoms with Gasteiger partial charge in [-0.15, -0.1) is 0 Å². The number of ether oxygens (including phenoxy) is 1. The molecule has 23 heavy (non-hydrogen) atoms. The minimum atomic E-state index is -3.10. The molecule has 1 atom stereocenters. The first-order valence-electron chi connectivity index (χ1n) is 6.90. The molecule has 1 aliphatic heterocycles. The van der Waals surface area contributed by atoms with Crippen LogP contribution in [0.1, 0.15) is 16.8 Å². The van der Waals surface area contributed by atoms with Gasteiger partial charge in [0.15, 0.2) is 9.84 Å². The Kier molecular flexibility index (Phi) is 5.81. The second-order valence-corrected chi connectivity index (χ2v) is 9.32. The van der Waals surface area contributed by atoms with Crippen molar-refractivity contribution in [2.24, 2.45) is 0 Å². The summed E-state index contributed by atoms with van der Waals surface area (Å²) >= 11 is 8.19. The number of rotatable bonds is 4. The van der Waals surface area contributed by atoms with Crippen molar-refractivity contribution in [3.8, 4) is 5.75 Å². The van der Waals surface area contributed by atoms with E-state index in [1.807, 2.05) is 0 Å². The zero-order valence-electron chi connectivity index (χ0n) is 13.0. The highest BCUT2D eigenvalue weighted by Crippen LogP contribution is 2.30. The number of carbonyl (C=O) groups is 1. The molecule has 2 rings (SSSR count). The SMILES string of the molecule is COc1cc(I)c(Cl)cc1C(=O)N(C1CCS(=O)(=O)C1)N(C)C. The van der Waals surface area contributed by atoms with Crippen LogP contribution < -0.4 is 4.74 Å². The van der Waals surface area contributed by atoms with Crippen molar-refractivity contribution in [2.45, 2.75) is 12.5 Å². The predicted octanol–water partition coefficient (Wildman–Crippen LogP) is 2.06. The Hall–Kier alpha value is -0.580. The van der Waals surface area contributed by atoms with Gasteiger partial charge in [-0.3, -0.25) is 9.80 Å². The van der Waals surface area contributed by atoms with Crippen molar-refractivity contribution < 1.29 is 17.9 Å². The maximum absolute atomic E-state index is 13.0. The number of carbonyl (C=O) groups excluding carboxylic acids is 1. The van der Waals surface area contributed by atoms with E-state index in [0.29, 0.717) is 22.8 Å². The van der Waals surface area contributed by atoms with Crippen LogP contribution in [0.3, 0.4) is 0 Å². The average molecular weight is 473 g/mol. The van der Waals surface area contributed by atoms with E-state index < -0.39 is 9.84 Å². The Labute approximate surface area is 154 Å². The fourth-order valence-corrected chi connectivity index (χ4v) is 4.92. The summed E-state index contributed by atoms with van der Waals surface area (Å²) in [6, 6.07) is 2.87. The molecule has 0 spiro atoms. The molecule has 0 radical (unpaired) electrons. The predicted molar refractivity (Wildman–Crippen MR) is 97.6 cm³/mol. The number of hydrogen-bond acceptors (Lipinski definition) is 5. The lowest BCUT2D eigenvalue weighted by Gasteiger charge is -2.34. The third-order valence-corrected chi connectivity index (χ3v) is 6.94. The van der Waals surface area contributed by atoms with E-state index in [0.717, 1.165) is 3.57 Å². The molecule has 0 saturated carbocycles. The van der Waals surface area contributed by atoms with E-state index in [1.54, 1.807) is 31.2 Å². The van der Waals surface area contributed by atoms with Crippen molar-refractivity contribution in [2.75, 3.05) is 32.7 Å². The second kappa shape index (κ2) is 7.12. The van der Waals surface area contributed by atoms with Gasteiger partial charge in [0.1, 0.15) is 5.75 Å². The summed E-state index contributed by atoms with van der Waals surface area (Å²) in [4.78, 5) is 13.0. The third-order valence-electron chi connectivity index (χ3n) is 3.67. The van der Waals surface area contributed by atoms with Crippen LogP contribution in [0.4, 0.5) is 0 Å². The van der Waals surface area contributed by atoms with Crippen molar-refractivity contribution in [1.29, 1.82) is 0 Å². The van der Waals surface area contributed by atoms with Gasteiger partial charge in [0, 0.05) is 17.7 Å². The standard InChI is InChI=1S/C14H18ClIN2O4S/c1-17(2)18(9-4-5-23(20,21)8-9)14(19)10-6-11(15)12(16)7-13(10)22-3/h6-7,9H,4-5,8H2,1-3H3. The molecule has 0 aliphatic carbocycles. The first kappa shape index (κ1) is 18.8. The molecule has 1 amide bonds. The van der Waals surface area contributed by atoms with Crippen LogP contribution >= 0.6 is 34.2 Å². The van der Waals surface area contributed by atoms with E-state index in [9.17, 15) is 13.2 Å². The number of hydrazine groups is 1. The number of sulfone groups is 1. The highest BCUT2D eigenvalue weighted by atomic mass is 127. The van der Waals surface area contributed by atoms with Gasteiger partial charge in [-0.2, -0.15) is 0 Å². The minimum absolute atomic E-state index is 0.0304. The lowest BCUT2D eigenvalue weighted by atomic mass is 10.1. The Bertz CT molecular complexity index is 724. The molecule has 0 bridgehead atoms. The Morgan fingerprint density at radius 3 is 2.52 bits per heavy atom. The molecule has 1 aromatic rings. The Morgan fingerprint density at radius 2 is 2.04 bits per heavy atom. The largest absolute Gasteiger partial charge is 0.496 e. The summed E-state index contributed by atoms with van der Waals surface area (Å²) in [5, 5.41) is 3.53. The molecule has 1 aromatic carbocycles. The third kappa shape index (κ3) is 4.09. The maximum Gasteiger partial charge on any atom is 0.272 e. The second-order valence-electron chi connectivity index (χ2n) is 5.52. The first-order valence-corrected chi connectivity index (χ1v) is 10.2. The Morgan fingerprint density at radius 1 is 1.39 bits per heavy atom. The van der Waals surface area contributed by atoms with Crippen LogP contribution in [0.2, 0.25) is 5.02 Å². The number of amides is 1. The summed E-state index contributed by atoms with van der Waals surface area (Å²) in [6.07, 6.45) is 0.423. The number of benzene rings is 1. The molecule has 1 aliphatic rings. The fraction of sp³-hybridized carbons (Fsp3) is 0.500. The number of nitrogens with zero attached hydrogens (tertiary/aromatic N) is 2.